The fourth-order valence-electron chi connectivity index (χ4n) is 3.36. The highest BCUT2D eigenvalue weighted by atomic mass is 32.1. The summed E-state index contributed by atoms with van der Waals surface area (Å²) in [4.78, 5) is 13.9. The van der Waals surface area contributed by atoms with E-state index in [9.17, 15) is 15.0 Å². The number of carbonyl (C=O) groups excluding carboxylic acids is 1. The third kappa shape index (κ3) is 3.25. The Morgan fingerprint density at radius 2 is 2.15 bits per heavy atom. The molecule has 1 unspecified atom stereocenters. The van der Waals surface area contributed by atoms with Crippen molar-refractivity contribution in [1.82, 2.24) is 4.90 Å². The molecule has 0 saturated carbocycles. The summed E-state index contributed by atoms with van der Waals surface area (Å²) < 4.78 is 6.85. The highest BCUT2D eigenvalue weighted by Gasteiger charge is 2.26. The third-order valence-electron chi connectivity index (χ3n) is 4.73. The van der Waals surface area contributed by atoms with E-state index in [-0.39, 0.29) is 25.4 Å². The van der Waals surface area contributed by atoms with E-state index in [0.29, 0.717) is 17.9 Å². The van der Waals surface area contributed by atoms with Gasteiger partial charge in [-0.05, 0) is 29.1 Å². The van der Waals surface area contributed by atoms with Gasteiger partial charge in [0.05, 0.1) is 6.54 Å². The molecule has 1 atom stereocenters. The molecule has 27 heavy (non-hydrogen) atoms. The quantitative estimate of drug-likeness (QED) is 0.644. The first-order valence-electron chi connectivity index (χ1n) is 8.70. The lowest BCUT2D eigenvalue weighted by atomic mass is 10.0. The molecule has 4 rings (SSSR count). The Balaban J connectivity index is 1.75. The molecule has 0 fully saturated rings. The van der Waals surface area contributed by atoms with Crippen molar-refractivity contribution in [3.63, 3.8) is 0 Å². The van der Waals surface area contributed by atoms with Crippen molar-refractivity contribution in [3.8, 4) is 22.6 Å². The summed E-state index contributed by atoms with van der Waals surface area (Å²) in [5, 5.41) is 23.5. The first kappa shape index (κ1) is 17.8. The fraction of sp³-hybridized carbons (Fsp3) is 0.250. The SMILES string of the molecule is NCC(O)C(=O)N1CCOc2c(O)cc(-c3csc4ccccc34)cc2C1. The molecule has 1 amide bonds. The van der Waals surface area contributed by atoms with Crippen LogP contribution in [0.4, 0.5) is 0 Å². The van der Waals surface area contributed by atoms with E-state index in [4.69, 9.17) is 10.5 Å². The van der Waals surface area contributed by atoms with Crippen LogP contribution in [0.25, 0.3) is 21.2 Å². The lowest BCUT2D eigenvalue weighted by Gasteiger charge is -2.22. The summed E-state index contributed by atoms with van der Waals surface area (Å²) in [6.07, 6.45) is -1.23. The number of hydrogen-bond acceptors (Lipinski definition) is 6. The smallest absolute Gasteiger partial charge is 0.253 e. The molecule has 1 aliphatic heterocycles. The zero-order valence-corrected chi connectivity index (χ0v) is 15.4. The predicted molar refractivity (Wildman–Crippen MR) is 105 cm³/mol. The van der Waals surface area contributed by atoms with Crippen molar-refractivity contribution >= 4 is 27.3 Å². The predicted octanol–water partition coefficient (Wildman–Crippen LogP) is 2.31. The zero-order chi connectivity index (χ0) is 19.0. The number of aliphatic hydroxyl groups is 1. The van der Waals surface area contributed by atoms with E-state index in [2.05, 4.69) is 11.4 Å². The van der Waals surface area contributed by atoms with Crippen molar-refractivity contribution in [2.75, 3.05) is 19.7 Å². The average molecular weight is 384 g/mol. The molecule has 0 saturated heterocycles. The average Bonchev–Trinajstić information content (AvgIpc) is 2.99. The van der Waals surface area contributed by atoms with E-state index < -0.39 is 12.0 Å². The number of fused-ring (bicyclic) bond motifs is 2. The van der Waals surface area contributed by atoms with Crippen LogP contribution in [0.2, 0.25) is 0 Å². The minimum absolute atomic E-state index is 0.0476. The van der Waals surface area contributed by atoms with Crippen LogP contribution < -0.4 is 10.5 Å². The summed E-state index contributed by atoms with van der Waals surface area (Å²) in [6, 6.07) is 11.7. The topological polar surface area (TPSA) is 96.0 Å². The number of amides is 1. The zero-order valence-electron chi connectivity index (χ0n) is 14.6. The van der Waals surface area contributed by atoms with Gasteiger partial charge in [0.2, 0.25) is 0 Å². The molecule has 0 spiro atoms. The molecule has 3 aromatic rings. The number of nitrogens with two attached hydrogens (primary N) is 1. The maximum Gasteiger partial charge on any atom is 0.253 e. The fourth-order valence-corrected chi connectivity index (χ4v) is 4.33. The first-order chi connectivity index (χ1) is 13.1. The number of phenols is 1. The number of benzene rings is 2. The minimum Gasteiger partial charge on any atom is -0.504 e. The number of ether oxygens (including phenoxy) is 1. The van der Waals surface area contributed by atoms with Crippen LogP contribution in [-0.2, 0) is 11.3 Å². The van der Waals surface area contributed by atoms with Crippen molar-refractivity contribution in [3.05, 3.63) is 47.3 Å². The number of carbonyl (C=O) groups is 1. The molecular formula is C20H20N2O4S. The van der Waals surface area contributed by atoms with Gasteiger partial charge in [0.15, 0.2) is 11.5 Å². The molecule has 0 radical (unpaired) electrons. The van der Waals surface area contributed by atoms with Crippen molar-refractivity contribution in [2.45, 2.75) is 12.6 Å². The maximum atomic E-state index is 12.3. The highest BCUT2D eigenvalue weighted by Crippen LogP contribution is 2.41. The highest BCUT2D eigenvalue weighted by molar-refractivity contribution is 7.17. The number of nitrogens with zero attached hydrogens (tertiary/aromatic N) is 1. The van der Waals surface area contributed by atoms with Crippen molar-refractivity contribution < 1.29 is 19.7 Å². The minimum atomic E-state index is -1.23. The second kappa shape index (κ2) is 7.19. The Labute approximate surface area is 160 Å². The van der Waals surface area contributed by atoms with Gasteiger partial charge in [-0.2, -0.15) is 0 Å². The van der Waals surface area contributed by atoms with Gasteiger partial charge in [0.1, 0.15) is 12.7 Å². The largest absolute Gasteiger partial charge is 0.504 e. The lowest BCUT2D eigenvalue weighted by molar-refractivity contribution is -0.140. The molecule has 2 heterocycles. The lowest BCUT2D eigenvalue weighted by Crippen LogP contribution is -2.43. The summed E-state index contributed by atoms with van der Waals surface area (Å²) in [5.41, 5.74) is 8.00. The summed E-state index contributed by atoms with van der Waals surface area (Å²) in [5.74, 6) is 0.00195. The molecule has 0 bridgehead atoms. The normalized spacial score (nSPS) is 15.1. The van der Waals surface area contributed by atoms with Crippen LogP contribution in [0.15, 0.2) is 41.8 Å². The standard InChI is InChI=1S/C20H20N2O4S/c21-9-17(24)20(25)22-5-6-26-19-13(10-22)7-12(8-16(19)23)15-11-27-18-4-2-1-3-14(15)18/h1-4,7-8,11,17,23-24H,5-6,9-10,21H2. The Bertz CT molecular complexity index is 1000. The molecule has 1 aromatic heterocycles. The molecular weight excluding hydrogens is 364 g/mol. The third-order valence-corrected chi connectivity index (χ3v) is 5.69. The Morgan fingerprint density at radius 1 is 1.33 bits per heavy atom. The van der Waals surface area contributed by atoms with Gasteiger partial charge in [-0.15, -0.1) is 11.3 Å². The van der Waals surface area contributed by atoms with Gasteiger partial charge in [0, 0.05) is 34.3 Å². The van der Waals surface area contributed by atoms with Gasteiger partial charge < -0.3 is 25.6 Å². The van der Waals surface area contributed by atoms with Crippen molar-refractivity contribution in [2.24, 2.45) is 5.73 Å². The van der Waals surface area contributed by atoms with E-state index in [1.165, 1.54) is 9.60 Å². The van der Waals surface area contributed by atoms with E-state index in [1.807, 2.05) is 24.3 Å². The molecule has 1 aliphatic rings. The number of rotatable bonds is 3. The van der Waals surface area contributed by atoms with Gasteiger partial charge in [-0.25, -0.2) is 0 Å². The number of thiophene rings is 1. The number of phenolic OH excluding ortho intramolecular Hbond substituents is 1. The summed E-state index contributed by atoms with van der Waals surface area (Å²) in [6.45, 7) is 0.676. The monoisotopic (exact) mass is 384 g/mol. The second-order valence-electron chi connectivity index (χ2n) is 6.49. The second-order valence-corrected chi connectivity index (χ2v) is 7.40. The molecule has 0 aliphatic carbocycles. The maximum absolute atomic E-state index is 12.3. The van der Waals surface area contributed by atoms with Gasteiger partial charge in [-0.1, -0.05) is 18.2 Å². The molecule has 140 valence electrons. The molecule has 4 N–H and O–H groups in total. The van der Waals surface area contributed by atoms with Gasteiger partial charge >= 0.3 is 0 Å². The number of aliphatic hydroxyl groups excluding tert-OH is 1. The van der Waals surface area contributed by atoms with Gasteiger partial charge in [0.25, 0.3) is 5.91 Å². The first-order valence-corrected chi connectivity index (χ1v) is 9.58. The van der Waals surface area contributed by atoms with Crippen LogP contribution in [0, 0.1) is 0 Å². The summed E-state index contributed by atoms with van der Waals surface area (Å²) >= 11 is 1.64. The van der Waals surface area contributed by atoms with Crippen molar-refractivity contribution in [1.29, 1.82) is 0 Å². The van der Waals surface area contributed by atoms with E-state index >= 15 is 0 Å². The van der Waals surface area contributed by atoms with Crippen LogP contribution in [0.1, 0.15) is 5.56 Å². The van der Waals surface area contributed by atoms with Crippen LogP contribution in [-0.4, -0.2) is 46.8 Å². The van der Waals surface area contributed by atoms with Crippen LogP contribution in [0.5, 0.6) is 11.5 Å². The van der Waals surface area contributed by atoms with Gasteiger partial charge in [-0.3, -0.25) is 4.79 Å². The Kier molecular flexibility index (Phi) is 4.73. The molecule has 7 heteroatoms. The van der Waals surface area contributed by atoms with E-state index in [1.54, 1.807) is 17.4 Å². The number of aromatic hydroxyl groups is 1. The Hall–Kier alpha value is -2.61. The Morgan fingerprint density at radius 3 is 2.96 bits per heavy atom. The van der Waals surface area contributed by atoms with Crippen LogP contribution in [0.3, 0.4) is 0 Å². The molecule has 6 nitrogen and oxygen atoms in total. The summed E-state index contributed by atoms with van der Waals surface area (Å²) in [7, 11) is 0. The van der Waals surface area contributed by atoms with E-state index in [0.717, 1.165) is 16.5 Å². The van der Waals surface area contributed by atoms with Crippen LogP contribution >= 0.6 is 11.3 Å². The molecule has 2 aromatic carbocycles. The number of hydrogen-bond donors (Lipinski definition) is 3.